The average Bonchev–Trinajstić information content (AvgIpc) is 3.15. The number of methoxy groups -OCH3 is 2. The van der Waals surface area contributed by atoms with Gasteiger partial charge in [0.25, 0.3) is 0 Å². The number of hydrogen-bond donors (Lipinski definition) is 0. The lowest BCUT2D eigenvalue weighted by Gasteiger charge is -2.32. The molecule has 0 unspecified atom stereocenters. The van der Waals surface area contributed by atoms with Crippen LogP contribution < -0.4 is 19.3 Å². The standard InChI is InChI=1S/C27H31N3O4/c1-8-17-13-20-25(28-16-17)27(34-26(20)31,21-11-9-18(29(2)3)14-23(21)32-6)22-12-10-19(30(4)5)15-24(22)33-7/h9-16H,8H2,1-7H3. The van der Waals surface area contributed by atoms with Gasteiger partial charge in [0.2, 0.25) is 5.60 Å². The normalized spacial score (nSPS) is 13.8. The number of pyridine rings is 1. The van der Waals surface area contributed by atoms with Crippen LogP contribution in [0.15, 0.2) is 48.7 Å². The van der Waals surface area contributed by atoms with Crippen molar-refractivity contribution in [1.82, 2.24) is 4.98 Å². The highest BCUT2D eigenvalue weighted by Gasteiger charge is 2.53. The summed E-state index contributed by atoms with van der Waals surface area (Å²) in [7, 11) is 11.1. The number of carbonyl (C=O) groups excluding carboxylic acids is 1. The van der Waals surface area contributed by atoms with Crippen LogP contribution in [0.3, 0.4) is 0 Å². The number of fused-ring (bicyclic) bond motifs is 1. The number of ether oxygens (including phenoxy) is 3. The second-order valence-corrected chi connectivity index (χ2v) is 8.72. The molecule has 0 atom stereocenters. The molecule has 0 spiro atoms. The Morgan fingerprint density at radius 3 is 1.85 bits per heavy atom. The van der Waals surface area contributed by atoms with Crippen LogP contribution in [0.5, 0.6) is 11.5 Å². The molecule has 1 aromatic heterocycles. The number of rotatable bonds is 7. The summed E-state index contributed by atoms with van der Waals surface area (Å²) in [6.45, 7) is 2.03. The molecule has 3 aromatic rings. The van der Waals surface area contributed by atoms with E-state index >= 15 is 0 Å². The van der Waals surface area contributed by atoms with Gasteiger partial charge in [-0.3, -0.25) is 4.98 Å². The highest BCUT2D eigenvalue weighted by Crippen LogP contribution is 2.52. The maximum absolute atomic E-state index is 13.3. The third-order valence-corrected chi connectivity index (χ3v) is 6.31. The number of anilines is 2. The van der Waals surface area contributed by atoms with Crippen LogP contribution in [0.1, 0.15) is 39.7 Å². The lowest BCUT2D eigenvalue weighted by Crippen LogP contribution is -2.32. The highest BCUT2D eigenvalue weighted by molar-refractivity contribution is 5.96. The third kappa shape index (κ3) is 3.61. The summed E-state index contributed by atoms with van der Waals surface area (Å²) in [4.78, 5) is 22.0. The highest BCUT2D eigenvalue weighted by atomic mass is 16.6. The van der Waals surface area contributed by atoms with Gasteiger partial charge in [-0.05, 0) is 42.3 Å². The summed E-state index contributed by atoms with van der Waals surface area (Å²) < 4.78 is 17.9. The van der Waals surface area contributed by atoms with E-state index in [1.54, 1.807) is 20.4 Å². The molecular weight excluding hydrogens is 430 g/mol. The molecule has 0 fully saturated rings. The fourth-order valence-corrected chi connectivity index (χ4v) is 4.39. The zero-order valence-corrected chi connectivity index (χ0v) is 20.8. The van der Waals surface area contributed by atoms with Crippen molar-refractivity contribution >= 4 is 17.3 Å². The zero-order chi connectivity index (χ0) is 24.6. The van der Waals surface area contributed by atoms with Gasteiger partial charge in [-0.1, -0.05) is 6.92 Å². The molecule has 0 saturated carbocycles. The van der Waals surface area contributed by atoms with Crippen molar-refractivity contribution in [2.75, 3.05) is 52.2 Å². The molecule has 34 heavy (non-hydrogen) atoms. The fourth-order valence-electron chi connectivity index (χ4n) is 4.39. The number of esters is 1. The van der Waals surface area contributed by atoms with Crippen LogP contribution in [0.4, 0.5) is 11.4 Å². The second kappa shape index (κ2) is 8.89. The fraction of sp³-hybridized carbons (Fsp3) is 0.333. The van der Waals surface area contributed by atoms with Crippen molar-refractivity contribution in [3.05, 3.63) is 76.6 Å². The molecule has 0 bridgehead atoms. The number of benzene rings is 2. The van der Waals surface area contributed by atoms with Crippen LogP contribution in [-0.2, 0) is 16.8 Å². The molecule has 178 valence electrons. The summed E-state index contributed by atoms with van der Waals surface area (Å²) in [5.41, 5.74) is 3.91. The minimum atomic E-state index is -1.33. The van der Waals surface area contributed by atoms with E-state index in [0.717, 1.165) is 23.4 Å². The van der Waals surface area contributed by atoms with E-state index in [9.17, 15) is 4.79 Å². The molecule has 2 heterocycles. The number of carbonyl (C=O) groups is 1. The van der Waals surface area contributed by atoms with Gasteiger partial charge in [0, 0.05) is 69.0 Å². The summed E-state index contributed by atoms with van der Waals surface area (Å²) in [5.74, 6) is 0.759. The van der Waals surface area contributed by atoms with E-state index in [4.69, 9.17) is 19.2 Å². The van der Waals surface area contributed by atoms with Gasteiger partial charge in [0.05, 0.1) is 19.8 Å². The lowest BCUT2D eigenvalue weighted by atomic mass is 9.81. The summed E-state index contributed by atoms with van der Waals surface area (Å²) >= 11 is 0. The minimum absolute atomic E-state index is 0.421. The average molecular weight is 462 g/mol. The van der Waals surface area contributed by atoms with Gasteiger partial charge in [-0.2, -0.15) is 0 Å². The first-order valence-corrected chi connectivity index (χ1v) is 11.2. The van der Waals surface area contributed by atoms with Crippen molar-refractivity contribution in [3.63, 3.8) is 0 Å². The molecule has 1 aliphatic heterocycles. The van der Waals surface area contributed by atoms with E-state index in [1.807, 2.05) is 87.4 Å². The van der Waals surface area contributed by atoms with Gasteiger partial charge in [-0.25, -0.2) is 4.79 Å². The van der Waals surface area contributed by atoms with Gasteiger partial charge in [0.15, 0.2) is 0 Å². The number of cyclic esters (lactones) is 1. The molecule has 0 radical (unpaired) electrons. The maximum Gasteiger partial charge on any atom is 0.341 e. The van der Waals surface area contributed by atoms with Crippen molar-refractivity contribution in [2.45, 2.75) is 18.9 Å². The molecule has 1 aliphatic rings. The van der Waals surface area contributed by atoms with Gasteiger partial charge < -0.3 is 24.0 Å². The van der Waals surface area contributed by atoms with Crippen molar-refractivity contribution in [2.24, 2.45) is 0 Å². The van der Waals surface area contributed by atoms with Crippen LogP contribution in [-0.4, -0.2) is 53.4 Å². The monoisotopic (exact) mass is 461 g/mol. The molecule has 4 rings (SSSR count). The molecule has 0 aliphatic carbocycles. The Labute approximate surface area is 200 Å². The Bertz CT molecular complexity index is 1180. The lowest BCUT2D eigenvalue weighted by molar-refractivity contribution is 0.0230. The Morgan fingerprint density at radius 2 is 1.41 bits per heavy atom. The zero-order valence-electron chi connectivity index (χ0n) is 20.8. The summed E-state index contributed by atoms with van der Waals surface area (Å²) in [6.07, 6.45) is 2.57. The number of aromatic nitrogens is 1. The quantitative estimate of drug-likeness (QED) is 0.487. The number of hydrogen-bond acceptors (Lipinski definition) is 7. The van der Waals surface area contributed by atoms with Gasteiger partial charge in [0.1, 0.15) is 17.2 Å². The third-order valence-electron chi connectivity index (χ3n) is 6.31. The van der Waals surface area contributed by atoms with E-state index in [-0.39, 0.29) is 0 Å². The summed E-state index contributed by atoms with van der Waals surface area (Å²) in [6, 6.07) is 13.6. The molecule has 7 nitrogen and oxygen atoms in total. The Hall–Kier alpha value is -3.74. The predicted octanol–water partition coefficient (Wildman–Crippen LogP) is 4.26. The predicted molar refractivity (Wildman–Crippen MR) is 134 cm³/mol. The first-order chi connectivity index (χ1) is 16.3. The molecule has 2 aromatic carbocycles. The Morgan fingerprint density at radius 1 is 0.882 bits per heavy atom. The minimum Gasteiger partial charge on any atom is -0.496 e. The van der Waals surface area contributed by atoms with Crippen molar-refractivity contribution in [3.8, 4) is 11.5 Å². The largest absolute Gasteiger partial charge is 0.496 e. The van der Waals surface area contributed by atoms with E-state index in [0.29, 0.717) is 33.9 Å². The molecule has 0 amide bonds. The first kappa shape index (κ1) is 23.4. The second-order valence-electron chi connectivity index (χ2n) is 8.72. The van der Waals surface area contributed by atoms with E-state index in [2.05, 4.69) is 0 Å². The van der Waals surface area contributed by atoms with Crippen LogP contribution in [0.25, 0.3) is 0 Å². The smallest absolute Gasteiger partial charge is 0.341 e. The van der Waals surface area contributed by atoms with E-state index < -0.39 is 11.6 Å². The SMILES string of the molecule is CCc1cnc2c(c1)C(=O)OC2(c1ccc(N(C)C)cc1OC)c1ccc(N(C)C)cc1OC. The first-order valence-electron chi connectivity index (χ1n) is 11.2. The van der Waals surface area contributed by atoms with Crippen LogP contribution >= 0.6 is 0 Å². The van der Waals surface area contributed by atoms with Crippen molar-refractivity contribution in [1.29, 1.82) is 0 Å². The Balaban J connectivity index is 2.09. The van der Waals surface area contributed by atoms with Gasteiger partial charge >= 0.3 is 5.97 Å². The molecule has 0 N–H and O–H groups in total. The van der Waals surface area contributed by atoms with Crippen LogP contribution in [0, 0.1) is 0 Å². The molecule has 0 saturated heterocycles. The van der Waals surface area contributed by atoms with Gasteiger partial charge in [-0.15, -0.1) is 0 Å². The molecule has 7 heteroatoms. The van der Waals surface area contributed by atoms with Crippen molar-refractivity contribution < 1.29 is 19.0 Å². The van der Waals surface area contributed by atoms with Crippen LogP contribution in [0.2, 0.25) is 0 Å². The Kier molecular flexibility index (Phi) is 6.13. The van der Waals surface area contributed by atoms with E-state index in [1.165, 1.54) is 0 Å². The number of aryl methyl sites for hydroxylation is 1. The summed E-state index contributed by atoms with van der Waals surface area (Å²) in [5, 5.41) is 0. The number of nitrogens with zero attached hydrogens (tertiary/aromatic N) is 3. The maximum atomic E-state index is 13.3. The topological polar surface area (TPSA) is 64.1 Å². The molecular formula is C27H31N3O4.